The van der Waals surface area contributed by atoms with Gasteiger partial charge in [0.25, 0.3) is 0 Å². The van der Waals surface area contributed by atoms with Crippen molar-refractivity contribution in [3.63, 3.8) is 0 Å². The van der Waals surface area contributed by atoms with Crippen molar-refractivity contribution in [2.45, 2.75) is 19.2 Å². The highest BCUT2D eigenvalue weighted by Gasteiger charge is 2.24. The van der Waals surface area contributed by atoms with Crippen molar-refractivity contribution in [3.8, 4) is 0 Å². The van der Waals surface area contributed by atoms with Gasteiger partial charge in [0.05, 0.1) is 18.0 Å². The van der Waals surface area contributed by atoms with Crippen molar-refractivity contribution in [3.05, 3.63) is 95.6 Å². The maximum Gasteiger partial charge on any atom is 0.239 e. The Morgan fingerprint density at radius 2 is 1.77 bits per heavy atom. The van der Waals surface area contributed by atoms with Gasteiger partial charge in [-0.05, 0) is 42.3 Å². The first kappa shape index (κ1) is 18.1. The van der Waals surface area contributed by atoms with Crippen molar-refractivity contribution >= 4 is 15.7 Å². The van der Waals surface area contributed by atoms with E-state index in [1.165, 1.54) is 22.5 Å². The zero-order valence-corrected chi connectivity index (χ0v) is 15.2. The molecule has 0 unspecified atom stereocenters. The molecule has 0 bridgehead atoms. The van der Waals surface area contributed by atoms with Gasteiger partial charge in [0, 0.05) is 12.4 Å². The van der Waals surface area contributed by atoms with Gasteiger partial charge in [0.1, 0.15) is 5.82 Å². The Labute approximate surface area is 153 Å². The lowest BCUT2D eigenvalue weighted by Gasteiger charge is -2.24. The molecule has 134 valence electrons. The van der Waals surface area contributed by atoms with E-state index < -0.39 is 15.8 Å². The fraction of sp³-hybridized carbons (Fsp3) is 0.150. The summed E-state index contributed by atoms with van der Waals surface area (Å²) >= 11 is 0. The predicted octanol–water partition coefficient (Wildman–Crippen LogP) is 4.07. The molecule has 0 aliphatic carbocycles. The number of anilines is 1. The van der Waals surface area contributed by atoms with Crippen molar-refractivity contribution in [1.29, 1.82) is 0 Å². The summed E-state index contributed by atoms with van der Waals surface area (Å²) in [6.07, 6.45) is 3.23. The van der Waals surface area contributed by atoms with Crippen molar-refractivity contribution in [1.82, 2.24) is 4.98 Å². The largest absolute Gasteiger partial charge is 0.265 e. The van der Waals surface area contributed by atoms with Crippen LogP contribution in [0.2, 0.25) is 0 Å². The Bertz CT molecular complexity index is 991. The third kappa shape index (κ3) is 4.46. The number of hydrogen-bond acceptors (Lipinski definition) is 3. The van der Waals surface area contributed by atoms with Crippen LogP contribution in [0.15, 0.2) is 73.1 Å². The SMILES string of the molecule is Cc1cccc(CS(=O)(=O)N(Cc2cccnc2)c2cccc(F)c2)c1. The third-order valence-corrected chi connectivity index (χ3v) is 5.62. The maximum atomic E-state index is 13.7. The van der Waals surface area contributed by atoms with E-state index in [0.717, 1.165) is 11.1 Å². The van der Waals surface area contributed by atoms with Gasteiger partial charge in [0.15, 0.2) is 0 Å². The summed E-state index contributed by atoms with van der Waals surface area (Å²) < 4.78 is 41.2. The summed E-state index contributed by atoms with van der Waals surface area (Å²) in [6.45, 7) is 2.00. The van der Waals surface area contributed by atoms with Crippen LogP contribution in [0.1, 0.15) is 16.7 Å². The molecule has 3 rings (SSSR count). The second kappa shape index (κ2) is 7.66. The number of sulfonamides is 1. The fourth-order valence-corrected chi connectivity index (χ4v) is 4.27. The highest BCUT2D eigenvalue weighted by atomic mass is 32.2. The molecule has 6 heteroatoms. The zero-order chi connectivity index (χ0) is 18.6. The molecule has 3 aromatic rings. The average molecular weight is 370 g/mol. The molecule has 1 aromatic heterocycles. The van der Waals surface area contributed by atoms with Crippen molar-refractivity contribution in [2.24, 2.45) is 0 Å². The number of aromatic nitrogens is 1. The summed E-state index contributed by atoms with van der Waals surface area (Å²) in [5, 5.41) is 0. The molecule has 1 heterocycles. The van der Waals surface area contributed by atoms with Gasteiger partial charge >= 0.3 is 0 Å². The van der Waals surface area contributed by atoms with Gasteiger partial charge < -0.3 is 0 Å². The molecular weight excluding hydrogens is 351 g/mol. The lowest BCUT2D eigenvalue weighted by atomic mass is 10.2. The van der Waals surface area contributed by atoms with Crippen LogP contribution < -0.4 is 4.31 Å². The molecule has 0 fully saturated rings. The van der Waals surface area contributed by atoms with Gasteiger partial charge in [-0.3, -0.25) is 9.29 Å². The molecule has 0 saturated carbocycles. The first-order valence-corrected chi connectivity index (χ1v) is 9.75. The van der Waals surface area contributed by atoms with Gasteiger partial charge in [-0.15, -0.1) is 0 Å². The molecule has 26 heavy (non-hydrogen) atoms. The lowest BCUT2D eigenvalue weighted by Crippen LogP contribution is -2.31. The average Bonchev–Trinajstić information content (AvgIpc) is 2.60. The molecule has 0 aliphatic rings. The molecule has 0 amide bonds. The van der Waals surface area contributed by atoms with Crippen LogP contribution >= 0.6 is 0 Å². The fourth-order valence-electron chi connectivity index (χ4n) is 2.73. The minimum absolute atomic E-state index is 0.0887. The third-order valence-electron chi connectivity index (χ3n) is 3.91. The van der Waals surface area contributed by atoms with E-state index in [0.29, 0.717) is 11.3 Å². The minimum Gasteiger partial charge on any atom is -0.265 e. The monoisotopic (exact) mass is 370 g/mol. The van der Waals surface area contributed by atoms with E-state index in [9.17, 15) is 12.8 Å². The number of halogens is 1. The van der Waals surface area contributed by atoms with E-state index in [1.54, 1.807) is 36.7 Å². The summed E-state index contributed by atoms with van der Waals surface area (Å²) in [7, 11) is -3.72. The van der Waals surface area contributed by atoms with E-state index in [4.69, 9.17) is 0 Å². The molecule has 0 atom stereocenters. The normalized spacial score (nSPS) is 11.3. The Morgan fingerprint density at radius 3 is 2.46 bits per heavy atom. The molecule has 0 aliphatic heterocycles. The minimum atomic E-state index is -3.72. The van der Waals surface area contributed by atoms with Gasteiger partial charge in [-0.25, -0.2) is 12.8 Å². The van der Waals surface area contributed by atoms with E-state index in [-0.39, 0.29) is 12.3 Å². The molecule has 0 N–H and O–H groups in total. The molecule has 4 nitrogen and oxygen atoms in total. The highest BCUT2D eigenvalue weighted by Crippen LogP contribution is 2.24. The molecule has 0 spiro atoms. The number of nitrogens with zero attached hydrogens (tertiary/aromatic N) is 2. The van der Waals surface area contributed by atoms with Crippen LogP contribution in [-0.4, -0.2) is 13.4 Å². The molecule has 0 saturated heterocycles. The Morgan fingerprint density at radius 1 is 1.00 bits per heavy atom. The van der Waals surface area contributed by atoms with Crippen LogP contribution in [0.5, 0.6) is 0 Å². The number of aryl methyl sites for hydroxylation is 1. The smallest absolute Gasteiger partial charge is 0.239 e. The Balaban J connectivity index is 1.98. The second-order valence-electron chi connectivity index (χ2n) is 6.09. The number of rotatable bonds is 6. The first-order chi connectivity index (χ1) is 12.4. The molecule has 2 aromatic carbocycles. The van der Waals surface area contributed by atoms with E-state index >= 15 is 0 Å². The number of pyridine rings is 1. The molecule has 0 radical (unpaired) electrons. The van der Waals surface area contributed by atoms with Crippen molar-refractivity contribution < 1.29 is 12.8 Å². The molecular formula is C20H19FN2O2S. The second-order valence-corrected chi connectivity index (χ2v) is 7.99. The Hall–Kier alpha value is -2.73. The highest BCUT2D eigenvalue weighted by molar-refractivity contribution is 7.92. The van der Waals surface area contributed by atoms with E-state index in [2.05, 4.69) is 4.98 Å². The number of benzene rings is 2. The van der Waals surface area contributed by atoms with Crippen LogP contribution in [0.25, 0.3) is 0 Å². The predicted molar refractivity (Wildman–Crippen MR) is 101 cm³/mol. The van der Waals surface area contributed by atoms with Gasteiger partial charge in [-0.2, -0.15) is 0 Å². The standard InChI is InChI=1S/C20H19FN2O2S/c1-16-5-2-6-17(11-16)15-26(24,25)23(14-18-7-4-10-22-13-18)20-9-3-8-19(21)12-20/h2-13H,14-15H2,1H3. The van der Waals surface area contributed by atoms with Crippen LogP contribution in [0, 0.1) is 12.7 Å². The summed E-state index contributed by atoms with van der Waals surface area (Å²) in [6, 6.07) is 16.5. The van der Waals surface area contributed by atoms with Crippen molar-refractivity contribution in [2.75, 3.05) is 4.31 Å². The van der Waals surface area contributed by atoms with Crippen LogP contribution in [0.3, 0.4) is 0 Å². The summed E-state index contributed by atoms with van der Waals surface area (Å²) in [4.78, 5) is 4.03. The van der Waals surface area contributed by atoms with Gasteiger partial charge in [-0.1, -0.05) is 42.0 Å². The lowest BCUT2D eigenvalue weighted by molar-refractivity contribution is 0.589. The Kier molecular flexibility index (Phi) is 5.32. The zero-order valence-electron chi connectivity index (χ0n) is 14.3. The summed E-state index contributed by atoms with van der Waals surface area (Å²) in [5.74, 6) is -0.643. The van der Waals surface area contributed by atoms with Crippen LogP contribution in [0.4, 0.5) is 10.1 Å². The van der Waals surface area contributed by atoms with E-state index in [1.807, 2.05) is 25.1 Å². The van der Waals surface area contributed by atoms with Crippen LogP contribution in [-0.2, 0) is 22.3 Å². The first-order valence-electron chi connectivity index (χ1n) is 8.14. The topological polar surface area (TPSA) is 50.3 Å². The van der Waals surface area contributed by atoms with Gasteiger partial charge in [0.2, 0.25) is 10.0 Å². The number of hydrogen-bond donors (Lipinski definition) is 0. The quantitative estimate of drug-likeness (QED) is 0.657. The summed E-state index contributed by atoms with van der Waals surface area (Å²) in [5.41, 5.74) is 2.70. The maximum absolute atomic E-state index is 13.7.